The lowest BCUT2D eigenvalue weighted by Crippen LogP contribution is -2.58. The first-order valence-corrected chi connectivity index (χ1v) is 13.4. The number of carbonyl (C=O) groups excluding carboxylic acids is 5. The van der Waals surface area contributed by atoms with E-state index in [-0.39, 0.29) is 11.9 Å². The summed E-state index contributed by atoms with van der Waals surface area (Å²) in [6, 6.07) is -0.885. The zero-order chi connectivity index (χ0) is 27.4. The van der Waals surface area contributed by atoms with Gasteiger partial charge in [-0.25, -0.2) is 19.4 Å². The van der Waals surface area contributed by atoms with Crippen molar-refractivity contribution in [3.63, 3.8) is 0 Å². The molecule has 1 aromatic heterocycles. The highest BCUT2D eigenvalue weighted by Crippen LogP contribution is 2.50. The molecule has 38 heavy (non-hydrogen) atoms. The maximum Gasteiger partial charge on any atom is 0.408 e. The molecular formula is C27H35N5O6. The van der Waals surface area contributed by atoms with Crippen LogP contribution in [-0.4, -0.2) is 73.9 Å². The van der Waals surface area contributed by atoms with E-state index >= 15 is 0 Å². The number of fused-ring (bicyclic) bond motifs is 1. The van der Waals surface area contributed by atoms with E-state index in [4.69, 9.17) is 4.74 Å². The van der Waals surface area contributed by atoms with Crippen molar-refractivity contribution in [3.05, 3.63) is 24.0 Å². The van der Waals surface area contributed by atoms with Gasteiger partial charge in [0, 0.05) is 12.2 Å². The van der Waals surface area contributed by atoms with Crippen LogP contribution >= 0.6 is 0 Å². The summed E-state index contributed by atoms with van der Waals surface area (Å²) in [5.74, 6) is -1.31. The van der Waals surface area contributed by atoms with Gasteiger partial charge >= 0.3 is 12.1 Å². The molecular weight excluding hydrogens is 490 g/mol. The quantitative estimate of drug-likeness (QED) is 0.601. The number of aromatic nitrogens is 1. The number of rotatable bonds is 3. The fourth-order valence-corrected chi connectivity index (χ4v) is 5.93. The Bertz CT molecular complexity index is 1190. The van der Waals surface area contributed by atoms with Crippen molar-refractivity contribution >= 4 is 35.5 Å². The Balaban J connectivity index is 1.40. The Hall–Kier alpha value is -3.50. The molecule has 4 heterocycles. The van der Waals surface area contributed by atoms with Gasteiger partial charge in [0.25, 0.3) is 11.8 Å². The molecule has 1 aliphatic carbocycles. The van der Waals surface area contributed by atoms with Gasteiger partial charge in [0.15, 0.2) is 0 Å². The van der Waals surface area contributed by atoms with Crippen LogP contribution in [0.4, 0.5) is 15.3 Å². The van der Waals surface area contributed by atoms with Crippen LogP contribution in [0.15, 0.2) is 18.5 Å². The highest BCUT2D eigenvalue weighted by molar-refractivity contribution is 6.29. The zero-order valence-corrected chi connectivity index (χ0v) is 22.4. The van der Waals surface area contributed by atoms with Crippen LogP contribution < -0.4 is 10.2 Å². The lowest BCUT2D eigenvalue weighted by molar-refractivity contribution is -0.147. The number of alkyl carbamates (subject to hydrolysis) is 1. The number of hydrogen-bond acceptors (Lipinski definition) is 7. The Kier molecular flexibility index (Phi) is 6.43. The molecule has 1 N–H and O–H groups in total. The van der Waals surface area contributed by atoms with Crippen molar-refractivity contribution in [2.45, 2.75) is 108 Å². The molecule has 0 radical (unpaired) electrons. The summed E-state index contributed by atoms with van der Waals surface area (Å²) < 4.78 is 5.36. The van der Waals surface area contributed by atoms with Crippen LogP contribution in [0.3, 0.4) is 0 Å². The van der Waals surface area contributed by atoms with Gasteiger partial charge in [0.2, 0.25) is 5.91 Å². The molecule has 1 aromatic rings. The third-order valence-corrected chi connectivity index (χ3v) is 7.79. The molecule has 4 fully saturated rings. The van der Waals surface area contributed by atoms with Crippen LogP contribution in [0.2, 0.25) is 0 Å². The molecule has 3 aliphatic heterocycles. The predicted octanol–water partition coefficient (Wildman–Crippen LogP) is 3.04. The number of carbonyl (C=O) groups is 5. The minimum absolute atomic E-state index is 0.166. The fraction of sp³-hybridized carbons (Fsp3) is 0.630. The number of ether oxygens (including phenoxy) is 1. The molecule has 11 nitrogen and oxygen atoms in total. The monoisotopic (exact) mass is 525 g/mol. The van der Waals surface area contributed by atoms with E-state index in [1.54, 1.807) is 37.9 Å². The van der Waals surface area contributed by atoms with Crippen molar-refractivity contribution in [2.75, 3.05) is 4.90 Å². The summed E-state index contributed by atoms with van der Waals surface area (Å²) in [6.45, 7) is 7.05. The maximum atomic E-state index is 14.0. The number of pyridine rings is 1. The van der Waals surface area contributed by atoms with Crippen molar-refractivity contribution in [1.29, 1.82) is 0 Å². The number of amides is 6. The standard InChI is InChI=1S/C27H35N5O6/c1-16-13-18(15-28-14-16)31-23(35)27(11-12-27)32(25(31)37)22(34)20-10-9-17-7-5-6-8-19(21(33)30(17)20)29-24(36)38-26(2,3)4/h13-15,17,19-20H,5-12H2,1-4H3,(H,29,36)/t17-,19-,20-/m0/s1. The Morgan fingerprint density at radius 2 is 1.76 bits per heavy atom. The summed E-state index contributed by atoms with van der Waals surface area (Å²) in [7, 11) is 0. The SMILES string of the molecule is Cc1cncc(N2C(=O)N(C(=O)[C@@H]3CC[C@@H]4CCCC[C@H](NC(=O)OC(C)(C)C)C(=O)N43)C3(CC3)C2=O)c1. The highest BCUT2D eigenvalue weighted by atomic mass is 16.6. The van der Waals surface area contributed by atoms with E-state index in [2.05, 4.69) is 10.3 Å². The highest BCUT2D eigenvalue weighted by Gasteiger charge is 2.68. The van der Waals surface area contributed by atoms with Gasteiger partial charge in [-0.3, -0.25) is 19.4 Å². The second-order valence-electron chi connectivity index (χ2n) is 11.8. The van der Waals surface area contributed by atoms with E-state index in [1.807, 2.05) is 6.92 Å². The molecule has 1 spiro atoms. The minimum Gasteiger partial charge on any atom is -0.444 e. The van der Waals surface area contributed by atoms with Crippen molar-refractivity contribution < 1.29 is 28.7 Å². The Morgan fingerprint density at radius 1 is 1.05 bits per heavy atom. The van der Waals surface area contributed by atoms with Crippen molar-refractivity contribution in [3.8, 4) is 0 Å². The molecule has 6 amide bonds. The van der Waals surface area contributed by atoms with Crippen molar-refractivity contribution in [2.24, 2.45) is 0 Å². The molecule has 4 aliphatic rings. The number of nitrogens with one attached hydrogen (secondary N) is 1. The smallest absolute Gasteiger partial charge is 0.408 e. The molecule has 3 saturated heterocycles. The molecule has 3 atom stereocenters. The zero-order valence-electron chi connectivity index (χ0n) is 22.4. The summed E-state index contributed by atoms with van der Waals surface area (Å²) in [4.78, 5) is 75.1. The number of urea groups is 1. The summed E-state index contributed by atoms with van der Waals surface area (Å²) in [5, 5.41) is 2.70. The van der Waals surface area contributed by atoms with E-state index < -0.39 is 47.2 Å². The lowest BCUT2D eigenvalue weighted by Gasteiger charge is -2.36. The maximum absolute atomic E-state index is 14.0. The number of nitrogens with zero attached hydrogens (tertiary/aromatic N) is 4. The number of imide groups is 2. The largest absolute Gasteiger partial charge is 0.444 e. The summed E-state index contributed by atoms with van der Waals surface area (Å²) in [5.41, 5.74) is -0.805. The lowest BCUT2D eigenvalue weighted by atomic mass is 9.99. The van der Waals surface area contributed by atoms with Gasteiger partial charge in [-0.1, -0.05) is 12.8 Å². The van der Waals surface area contributed by atoms with Gasteiger partial charge < -0.3 is 15.0 Å². The fourth-order valence-electron chi connectivity index (χ4n) is 5.93. The van der Waals surface area contributed by atoms with Crippen LogP contribution in [0, 0.1) is 6.92 Å². The molecule has 0 bridgehead atoms. The van der Waals surface area contributed by atoms with Gasteiger partial charge in [-0.05, 0) is 77.8 Å². The molecule has 0 unspecified atom stereocenters. The molecule has 204 valence electrons. The van der Waals surface area contributed by atoms with Gasteiger partial charge in [-0.15, -0.1) is 0 Å². The molecule has 5 rings (SSSR count). The third kappa shape index (κ3) is 4.52. The van der Waals surface area contributed by atoms with E-state index in [9.17, 15) is 24.0 Å². The number of hydrogen-bond donors (Lipinski definition) is 1. The average Bonchev–Trinajstić information content (AvgIpc) is 3.45. The Labute approximate surface area is 221 Å². The van der Waals surface area contributed by atoms with Gasteiger partial charge in [0.05, 0.1) is 11.9 Å². The first-order chi connectivity index (χ1) is 17.9. The minimum atomic E-state index is -1.20. The van der Waals surface area contributed by atoms with Crippen LogP contribution in [0.5, 0.6) is 0 Å². The second kappa shape index (κ2) is 9.36. The van der Waals surface area contributed by atoms with Crippen LogP contribution in [-0.2, 0) is 19.1 Å². The van der Waals surface area contributed by atoms with Crippen LogP contribution in [0.1, 0.15) is 77.7 Å². The third-order valence-electron chi connectivity index (χ3n) is 7.79. The summed E-state index contributed by atoms with van der Waals surface area (Å²) in [6.07, 6.45) is 6.97. The van der Waals surface area contributed by atoms with E-state index in [1.165, 1.54) is 6.20 Å². The Morgan fingerprint density at radius 3 is 2.42 bits per heavy atom. The first kappa shape index (κ1) is 26.1. The first-order valence-electron chi connectivity index (χ1n) is 13.4. The van der Waals surface area contributed by atoms with Crippen molar-refractivity contribution in [1.82, 2.24) is 20.1 Å². The topological polar surface area (TPSA) is 129 Å². The second-order valence-corrected chi connectivity index (χ2v) is 11.8. The van der Waals surface area contributed by atoms with Gasteiger partial charge in [0.1, 0.15) is 23.2 Å². The predicted molar refractivity (Wildman–Crippen MR) is 136 cm³/mol. The molecule has 11 heteroatoms. The molecule has 1 saturated carbocycles. The van der Waals surface area contributed by atoms with E-state index in [0.717, 1.165) is 34.6 Å². The number of anilines is 1. The molecule has 0 aromatic carbocycles. The van der Waals surface area contributed by atoms with Crippen LogP contribution in [0.25, 0.3) is 0 Å². The van der Waals surface area contributed by atoms with Gasteiger partial charge in [-0.2, -0.15) is 0 Å². The average molecular weight is 526 g/mol. The van der Waals surface area contributed by atoms with E-state index in [0.29, 0.717) is 37.8 Å². The summed E-state index contributed by atoms with van der Waals surface area (Å²) >= 11 is 0. The number of aryl methyl sites for hydroxylation is 1. The normalized spacial score (nSPS) is 26.8.